The van der Waals surface area contributed by atoms with E-state index in [4.69, 9.17) is 16.3 Å². The Bertz CT molecular complexity index is 1310. The van der Waals surface area contributed by atoms with Crippen molar-refractivity contribution in [3.05, 3.63) is 100 Å². The molecule has 8 rings (SSSR count). The highest BCUT2D eigenvalue weighted by molar-refractivity contribution is 6.30. The maximum Gasteiger partial charge on any atom is 0.314 e. The number of imide groups is 1. The zero-order valence-electron chi connectivity index (χ0n) is 20.2. The average Bonchev–Trinajstić information content (AvgIpc) is 3.20. The first-order valence-corrected chi connectivity index (χ1v) is 13.4. The molecule has 2 fully saturated rings. The molecule has 2 bridgehead atoms. The van der Waals surface area contributed by atoms with E-state index in [1.165, 1.54) is 22.3 Å². The molecule has 3 aromatic carbocycles. The predicted molar refractivity (Wildman–Crippen MR) is 138 cm³/mol. The zero-order valence-corrected chi connectivity index (χ0v) is 20.9. The van der Waals surface area contributed by atoms with E-state index in [0.717, 1.165) is 0 Å². The highest BCUT2D eigenvalue weighted by Gasteiger charge is 2.62. The fourth-order valence-electron chi connectivity index (χ4n) is 7.33. The Morgan fingerprint density at radius 1 is 0.703 bits per heavy atom. The highest BCUT2D eigenvalue weighted by atomic mass is 35.5. The fourth-order valence-corrected chi connectivity index (χ4v) is 7.46. The Morgan fingerprint density at radius 3 is 1.62 bits per heavy atom. The van der Waals surface area contributed by atoms with Gasteiger partial charge in [0, 0.05) is 22.9 Å². The van der Waals surface area contributed by atoms with E-state index in [0.29, 0.717) is 36.5 Å². The molecule has 186 valence electrons. The summed E-state index contributed by atoms with van der Waals surface area (Å²) in [5.41, 5.74) is 4.74. The average molecular weight is 512 g/mol. The molecule has 0 radical (unpaired) electrons. The predicted octanol–water partition coefficient (Wildman–Crippen LogP) is 5.70. The van der Waals surface area contributed by atoms with Gasteiger partial charge in [-0.3, -0.25) is 19.3 Å². The fraction of sp³-hybridized carbons (Fsp3) is 0.323. The van der Waals surface area contributed by atoms with Crippen molar-refractivity contribution in [3.8, 4) is 5.75 Å². The molecule has 6 heteroatoms. The molecule has 5 nitrogen and oxygen atoms in total. The Labute approximate surface area is 220 Å². The second-order valence-corrected chi connectivity index (χ2v) is 11.1. The number of rotatable bonds is 3. The van der Waals surface area contributed by atoms with E-state index in [9.17, 15) is 14.4 Å². The third kappa shape index (κ3) is 3.40. The number of hydrogen-bond donors (Lipinski definition) is 0. The van der Waals surface area contributed by atoms with Crippen molar-refractivity contribution < 1.29 is 19.1 Å². The van der Waals surface area contributed by atoms with Crippen LogP contribution >= 0.6 is 11.6 Å². The SMILES string of the molecule is O=C(Oc1ccc(Cl)cc1)C1CCC(N2C(=O)C3C4c5ccccc5C(c5ccccc54)C3C2=O)CC1. The standard InChI is InChI=1S/C31H26ClNO4/c32-18-11-15-20(16-12-18)37-31(36)17-9-13-19(14-10-17)33-29(34)27-25-21-5-1-2-6-22(21)26(28(27)30(33)35)24-8-4-3-7-23(24)25/h1-8,11-12,15-17,19,25-28H,9-10,13-14H2. The number of halogens is 1. The van der Waals surface area contributed by atoms with Crippen LogP contribution in [0.5, 0.6) is 5.75 Å². The number of ether oxygens (including phenoxy) is 1. The first-order chi connectivity index (χ1) is 18.0. The summed E-state index contributed by atoms with van der Waals surface area (Å²) in [6, 6.07) is 23.2. The van der Waals surface area contributed by atoms with Crippen molar-refractivity contribution >= 4 is 29.4 Å². The van der Waals surface area contributed by atoms with Crippen LogP contribution in [0.2, 0.25) is 5.02 Å². The molecule has 2 atom stereocenters. The maximum atomic E-state index is 13.9. The number of carbonyl (C=O) groups is 3. The molecular weight excluding hydrogens is 486 g/mol. The number of likely N-dealkylation sites (tertiary alicyclic amines) is 1. The Hall–Kier alpha value is -3.44. The van der Waals surface area contributed by atoms with E-state index in [1.807, 2.05) is 24.3 Å². The topological polar surface area (TPSA) is 63.7 Å². The van der Waals surface area contributed by atoms with Crippen molar-refractivity contribution in [2.75, 3.05) is 0 Å². The quantitative estimate of drug-likeness (QED) is 0.257. The molecule has 0 spiro atoms. The molecule has 1 saturated carbocycles. The number of carbonyl (C=O) groups excluding carboxylic acids is 3. The second-order valence-electron chi connectivity index (χ2n) is 10.7. The lowest BCUT2D eigenvalue weighted by atomic mass is 9.55. The summed E-state index contributed by atoms with van der Waals surface area (Å²) in [5, 5.41) is 0.584. The molecule has 2 unspecified atom stereocenters. The van der Waals surface area contributed by atoms with E-state index in [2.05, 4.69) is 24.3 Å². The number of esters is 1. The van der Waals surface area contributed by atoms with Gasteiger partial charge in [-0.25, -0.2) is 0 Å². The van der Waals surface area contributed by atoms with Crippen LogP contribution in [0, 0.1) is 17.8 Å². The summed E-state index contributed by atoms with van der Waals surface area (Å²) in [5.74, 6) is -1.000. The Morgan fingerprint density at radius 2 is 1.16 bits per heavy atom. The van der Waals surface area contributed by atoms with Gasteiger partial charge >= 0.3 is 5.97 Å². The normalized spacial score (nSPS) is 29.5. The minimum atomic E-state index is -0.352. The van der Waals surface area contributed by atoms with Crippen molar-refractivity contribution in [2.24, 2.45) is 17.8 Å². The van der Waals surface area contributed by atoms with Gasteiger partial charge in [0.25, 0.3) is 0 Å². The summed E-state index contributed by atoms with van der Waals surface area (Å²) in [4.78, 5) is 42.2. The van der Waals surface area contributed by atoms with Crippen LogP contribution < -0.4 is 4.74 Å². The minimum Gasteiger partial charge on any atom is -0.426 e. The van der Waals surface area contributed by atoms with E-state index in [-0.39, 0.29) is 53.4 Å². The molecular formula is C31H26ClNO4. The van der Waals surface area contributed by atoms with Gasteiger partial charge < -0.3 is 4.74 Å². The first-order valence-electron chi connectivity index (χ1n) is 13.0. The van der Waals surface area contributed by atoms with Crippen LogP contribution in [0.3, 0.4) is 0 Å². The van der Waals surface area contributed by atoms with Crippen molar-refractivity contribution in [2.45, 2.75) is 43.6 Å². The van der Waals surface area contributed by atoms with Gasteiger partial charge in [0.1, 0.15) is 5.75 Å². The van der Waals surface area contributed by atoms with Crippen molar-refractivity contribution in [1.29, 1.82) is 0 Å². The van der Waals surface area contributed by atoms with Crippen LogP contribution in [0.4, 0.5) is 0 Å². The van der Waals surface area contributed by atoms with Gasteiger partial charge in [-0.15, -0.1) is 0 Å². The third-order valence-corrected chi connectivity index (χ3v) is 9.16. The molecule has 0 N–H and O–H groups in total. The van der Waals surface area contributed by atoms with Crippen LogP contribution in [0.25, 0.3) is 0 Å². The van der Waals surface area contributed by atoms with Gasteiger partial charge in [0.2, 0.25) is 11.8 Å². The summed E-state index contributed by atoms with van der Waals surface area (Å²) >= 11 is 5.92. The number of hydrogen-bond acceptors (Lipinski definition) is 4. The molecule has 1 heterocycles. The lowest BCUT2D eigenvalue weighted by molar-refractivity contribution is -0.144. The van der Waals surface area contributed by atoms with E-state index < -0.39 is 0 Å². The van der Waals surface area contributed by atoms with Crippen molar-refractivity contribution in [3.63, 3.8) is 0 Å². The van der Waals surface area contributed by atoms with Gasteiger partial charge in [-0.1, -0.05) is 60.1 Å². The van der Waals surface area contributed by atoms with E-state index in [1.54, 1.807) is 29.2 Å². The van der Waals surface area contributed by atoms with Gasteiger partial charge in [0.05, 0.1) is 17.8 Å². The van der Waals surface area contributed by atoms with Gasteiger partial charge in [0.15, 0.2) is 0 Å². The molecule has 1 saturated heterocycles. The van der Waals surface area contributed by atoms with Crippen LogP contribution in [0.15, 0.2) is 72.8 Å². The molecule has 2 amide bonds. The molecule has 5 aliphatic rings. The third-order valence-electron chi connectivity index (χ3n) is 8.91. The molecule has 4 aliphatic carbocycles. The first kappa shape index (κ1) is 22.7. The lowest BCUT2D eigenvalue weighted by Gasteiger charge is -2.45. The summed E-state index contributed by atoms with van der Waals surface area (Å²) in [6.07, 6.45) is 2.42. The number of nitrogens with zero attached hydrogens (tertiary/aromatic N) is 1. The summed E-state index contributed by atoms with van der Waals surface area (Å²) < 4.78 is 5.55. The monoisotopic (exact) mass is 511 g/mol. The minimum absolute atomic E-state index is 0.0406. The van der Waals surface area contributed by atoms with Crippen LogP contribution in [0.1, 0.15) is 59.8 Å². The molecule has 1 aliphatic heterocycles. The second kappa shape index (κ2) is 8.56. The van der Waals surface area contributed by atoms with Gasteiger partial charge in [-0.05, 0) is 72.2 Å². The summed E-state index contributed by atoms with van der Waals surface area (Å²) in [7, 11) is 0. The van der Waals surface area contributed by atoms with E-state index >= 15 is 0 Å². The largest absolute Gasteiger partial charge is 0.426 e. The van der Waals surface area contributed by atoms with Gasteiger partial charge in [-0.2, -0.15) is 0 Å². The molecule has 3 aromatic rings. The molecule has 0 aromatic heterocycles. The number of benzene rings is 3. The number of amides is 2. The Balaban J connectivity index is 1.12. The highest BCUT2D eigenvalue weighted by Crippen LogP contribution is 2.61. The lowest BCUT2D eigenvalue weighted by Crippen LogP contribution is -2.44. The Kier molecular flexibility index (Phi) is 5.26. The summed E-state index contributed by atoms with van der Waals surface area (Å²) in [6.45, 7) is 0. The molecule has 37 heavy (non-hydrogen) atoms. The maximum absolute atomic E-state index is 13.9. The van der Waals surface area contributed by atoms with Crippen LogP contribution in [-0.2, 0) is 14.4 Å². The van der Waals surface area contributed by atoms with Crippen molar-refractivity contribution in [1.82, 2.24) is 4.90 Å². The zero-order chi connectivity index (χ0) is 25.3. The van der Waals surface area contributed by atoms with Crippen LogP contribution in [-0.4, -0.2) is 28.7 Å². The smallest absolute Gasteiger partial charge is 0.314 e.